The highest BCUT2D eigenvalue weighted by Crippen LogP contribution is 2.17. The van der Waals surface area contributed by atoms with Crippen LogP contribution < -0.4 is 5.32 Å². The van der Waals surface area contributed by atoms with E-state index in [9.17, 15) is 0 Å². The molecule has 0 radical (unpaired) electrons. The Hall–Kier alpha value is -0.960. The van der Waals surface area contributed by atoms with Gasteiger partial charge in [-0.05, 0) is 25.1 Å². The minimum atomic E-state index is 0.425. The third kappa shape index (κ3) is 2.77. The van der Waals surface area contributed by atoms with E-state index in [1.54, 1.807) is 6.20 Å². The summed E-state index contributed by atoms with van der Waals surface area (Å²) in [6.45, 7) is 7.52. The summed E-state index contributed by atoms with van der Waals surface area (Å²) >= 11 is 0. The number of nitrogens with zero attached hydrogens (tertiary/aromatic N) is 2. The van der Waals surface area contributed by atoms with Crippen LogP contribution in [0.15, 0.2) is 18.3 Å². The molecule has 0 aliphatic carbocycles. The van der Waals surface area contributed by atoms with Crippen LogP contribution in [0, 0.1) is 0 Å². The van der Waals surface area contributed by atoms with E-state index in [1.165, 1.54) is 0 Å². The van der Waals surface area contributed by atoms with Crippen molar-refractivity contribution in [1.82, 2.24) is 15.5 Å². The Morgan fingerprint density at radius 3 is 2.71 bits per heavy atom. The zero-order chi connectivity index (χ0) is 10.4. The predicted octanol–water partition coefficient (Wildman–Crippen LogP) is 1.97. The molecule has 2 unspecified atom stereocenters. The lowest BCUT2D eigenvalue weighted by Crippen LogP contribution is -2.33. The SMILES string of the molecule is CCNC(CC)C(C)c1cccnn1. The number of nitrogens with one attached hydrogen (secondary N) is 1. The largest absolute Gasteiger partial charge is 0.314 e. The Morgan fingerprint density at radius 2 is 2.21 bits per heavy atom. The van der Waals surface area contributed by atoms with Gasteiger partial charge in [-0.1, -0.05) is 20.8 Å². The smallest absolute Gasteiger partial charge is 0.0674 e. The summed E-state index contributed by atoms with van der Waals surface area (Å²) in [7, 11) is 0. The molecule has 2 atom stereocenters. The van der Waals surface area contributed by atoms with E-state index in [4.69, 9.17) is 0 Å². The Labute approximate surface area is 85.9 Å². The number of likely N-dealkylation sites (N-methyl/N-ethyl adjacent to an activating group) is 1. The summed E-state index contributed by atoms with van der Waals surface area (Å²) in [5, 5.41) is 11.5. The number of hydrogen-bond donors (Lipinski definition) is 1. The molecule has 1 N–H and O–H groups in total. The van der Waals surface area contributed by atoms with Crippen LogP contribution >= 0.6 is 0 Å². The maximum Gasteiger partial charge on any atom is 0.0674 e. The molecule has 1 aromatic rings. The summed E-state index contributed by atoms with van der Waals surface area (Å²) < 4.78 is 0. The van der Waals surface area contributed by atoms with Crippen molar-refractivity contribution in [1.29, 1.82) is 0 Å². The maximum absolute atomic E-state index is 4.14. The molecule has 0 amide bonds. The molecular weight excluding hydrogens is 174 g/mol. The summed E-state index contributed by atoms with van der Waals surface area (Å²) in [4.78, 5) is 0. The molecule has 78 valence electrons. The molecule has 0 aromatic carbocycles. The van der Waals surface area contributed by atoms with Gasteiger partial charge in [0, 0.05) is 18.2 Å². The Morgan fingerprint density at radius 1 is 1.43 bits per heavy atom. The van der Waals surface area contributed by atoms with Gasteiger partial charge >= 0.3 is 0 Å². The van der Waals surface area contributed by atoms with Gasteiger partial charge in [0.25, 0.3) is 0 Å². The molecule has 0 aliphatic rings. The van der Waals surface area contributed by atoms with Crippen molar-refractivity contribution < 1.29 is 0 Å². The van der Waals surface area contributed by atoms with E-state index in [-0.39, 0.29) is 0 Å². The number of hydrogen-bond acceptors (Lipinski definition) is 3. The first-order valence-corrected chi connectivity index (χ1v) is 5.30. The van der Waals surface area contributed by atoms with Crippen molar-refractivity contribution >= 4 is 0 Å². The quantitative estimate of drug-likeness (QED) is 0.777. The van der Waals surface area contributed by atoms with Gasteiger partial charge in [0.1, 0.15) is 0 Å². The maximum atomic E-state index is 4.14. The average Bonchev–Trinajstić information content (AvgIpc) is 2.26. The second-order valence-corrected chi connectivity index (χ2v) is 3.51. The fraction of sp³-hybridized carbons (Fsp3) is 0.636. The highest BCUT2D eigenvalue weighted by atomic mass is 15.1. The molecule has 0 aliphatic heterocycles. The summed E-state index contributed by atoms with van der Waals surface area (Å²) in [6, 6.07) is 4.48. The van der Waals surface area contributed by atoms with Gasteiger partial charge in [-0.25, -0.2) is 0 Å². The number of aromatic nitrogens is 2. The first kappa shape index (κ1) is 11.1. The van der Waals surface area contributed by atoms with Crippen molar-refractivity contribution in [3.05, 3.63) is 24.0 Å². The minimum absolute atomic E-state index is 0.425. The van der Waals surface area contributed by atoms with E-state index < -0.39 is 0 Å². The van der Waals surface area contributed by atoms with Gasteiger partial charge < -0.3 is 5.32 Å². The van der Waals surface area contributed by atoms with Crippen LogP contribution in [0.4, 0.5) is 0 Å². The van der Waals surface area contributed by atoms with Crippen LogP contribution in [-0.2, 0) is 0 Å². The van der Waals surface area contributed by atoms with Crippen molar-refractivity contribution in [2.75, 3.05) is 6.54 Å². The van der Waals surface area contributed by atoms with Crippen molar-refractivity contribution in [3.63, 3.8) is 0 Å². The molecule has 0 saturated carbocycles. The van der Waals surface area contributed by atoms with E-state index >= 15 is 0 Å². The third-order valence-electron chi connectivity index (χ3n) is 2.57. The Bertz CT molecular complexity index is 248. The molecule has 0 fully saturated rings. The summed E-state index contributed by atoms with van der Waals surface area (Å²) in [5.41, 5.74) is 1.07. The third-order valence-corrected chi connectivity index (χ3v) is 2.57. The zero-order valence-corrected chi connectivity index (χ0v) is 9.20. The molecule has 3 heteroatoms. The molecule has 1 rings (SSSR count). The van der Waals surface area contributed by atoms with Gasteiger partial charge in [-0.3, -0.25) is 0 Å². The zero-order valence-electron chi connectivity index (χ0n) is 9.20. The lowest BCUT2D eigenvalue weighted by Gasteiger charge is -2.22. The number of rotatable bonds is 5. The van der Waals surface area contributed by atoms with Crippen LogP contribution in [-0.4, -0.2) is 22.8 Å². The van der Waals surface area contributed by atoms with Crippen LogP contribution in [0.2, 0.25) is 0 Å². The van der Waals surface area contributed by atoms with Gasteiger partial charge in [0.15, 0.2) is 0 Å². The molecule has 1 heterocycles. The van der Waals surface area contributed by atoms with Gasteiger partial charge in [0.05, 0.1) is 5.69 Å². The first-order valence-electron chi connectivity index (χ1n) is 5.30. The van der Waals surface area contributed by atoms with Crippen molar-refractivity contribution in [2.45, 2.75) is 39.2 Å². The highest BCUT2D eigenvalue weighted by molar-refractivity contribution is 5.08. The fourth-order valence-corrected chi connectivity index (χ4v) is 1.70. The standard InChI is InChI=1S/C11H19N3/c1-4-10(12-5-2)9(3)11-7-6-8-13-14-11/h6-10,12H,4-5H2,1-3H3. The lowest BCUT2D eigenvalue weighted by atomic mass is 9.96. The molecule has 0 saturated heterocycles. The van der Waals surface area contributed by atoms with E-state index in [0.29, 0.717) is 12.0 Å². The Kier molecular flexibility index (Phi) is 4.53. The monoisotopic (exact) mass is 193 g/mol. The van der Waals surface area contributed by atoms with Crippen molar-refractivity contribution in [3.8, 4) is 0 Å². The molecule has 14 heavy (non-hydrogen) atoms. The first-order chi connectivity index (χ1) is 6.79. The van der Waals surface area contributed by atoms with Gasteiger partial charge in [0.2, 0.25) is 0 Å². The molecule has 1 aromatic heterocycles. The van der Waals surface area contributed by atoms with Gasteiger partial charge in [-0.15, -0.1) is 0 Å². The fourth-order valence-electron chi connectivity index (χ4n) is 1.70. The van der Waals surface area contributed by atoms with E-state index in [1.807, 2.05) is 12.1 Å². The topological polar surface area (TPSA) is 37.8 Å². The normalized spacial score (nSPS) is 15.1. The average molecular weight is 193 g/mol. The van der Waals surface area contributed by atoms with E-state index in [0.717, 1.165) is 18.7 Å². The van der Waals surface area contributed by atoms with Crippen molar-refractivity contribution in [2.24, 2.45) is 0 Å². The molecular formula is C11H19N3. The highest BCUT2D eigenvalue weighted by Gasteiger charge is 2.16. The van der Waals surface area contributed by atoms with Crippen LogP contribution in [0.1, 0.15) is 38.8 Å². The van der Waals surface area contributed by atoms with Gasteiger partial charge in [-0.2, -0.15) is 10.2 Å². The molecule has 3 nitrogen and oxygen atoms in total. The minimum Gasteiger partial charge on any atom is -0.314 e. The van der Waals surface area contributed by atoms with Crippen LogP contribution in [0.3, 0.4) is 0 Å². The molecule has 0 bridgehead atoms. The Balaban J connectivity index is 2.67. The summed E-state index contributed by atoms with van der Waals surface area (Å²) in [6.07, 6.45) is 2.83. The van der Waals surface area contributed by atoms with Crippen LogP contribution in [0.25, 0.3) is 0 Å². The summed E-state index contributed by atoms with van der Waals surface area (Å²) in [5.74, 6) is 0.425. The second kappa shape index (κ2) is 5.70. The molecule has 0 spiro atoms. The van der Waals surface area contributed by atoms with Crippen LogP contribution in [0.5, 0.6) is 0 Å². The lowest BCUT2D eigenvalue weighted by molar-refractivity contribution is 0.440. The second-order valence-electron chi connectivity index (χ2n) is 3.51. The van der Waals surface area contributed by atoms with E-state index in [2.05, 4.69) is 36.3 Å². The predicted molar refractivity (Wildman–Crippen MR) is 58.2 cm³/mol.